The van der Waals surface area contributed by atoms with Crippen molar-refractivity contribution >= 4 is 21.6 Å². The van der Waals surface area contributed by atoms with E-state index in [2.05, 4.69) is 5.32 Å². The lowest BCUT2D eigenvalue weighted by Gasteiger charge is -2.31. The van der Waals surface area contributed by atoms with Gasteiger partial charge in [-0.05, 0) is 25.1 Å². The van der Waals surface area contributed by atoms with Crippen molar-refractivity contribution in [3.05, 3.63) is 78.4 Å². The molecular formula is C23H22N2O4S. The highest BCUT2D eigenvalue weighted by molar-refractivity contribution is 7.93. The fraction of sp³-hybridized carbons (Fsp3) is 0.174. The smallest absolute Gasteiger partial charge is 0.265 e. The summed E-state index contributed by atoms with van der Waals surface area (Å²) in [5.74, 6) is 0.309. The zero-order valence-corrected chi connectivity index (χ0v) is 17.4. The van der Waals surface area contributed by atoms with Crippen molar-refractivity contribution in [1.82, 2.24) is 5.32 Å². The maximum absolute atomic E-state index is 13.2. The third kappa shape index (κ3) is 3.64. The molecule has 0 aromatic heterocycles. The zero-order chi connectivity index (χ0) is 21.1. The maximum Gasteiger partial charge on any atom is 0.265 e. The van der Waals surface area contributed by atoms with Gasteiger partial charge in [-0.1, -0.05) is 54.6 Å². The van der Waals surface area contributed by atoms with Gasteiger partial charge in [0.15, 0.2) is 0 Å². The Bertz CT molecular complexity index is 1190. The van der Waals surface area contributed by atoms with Crippen LogP contribution in [0.4, 0.5) is 5.69 Å². The Morgan fingerprint density at radius 1 is 0.933 bits per heavy atom. The minimum atomic E-state index is -3.84. The summed E-state index contributed by atoms with van der Waals surface area (Å²) in [5.41, 5.74) is 2.77. The molecule has 1 amide bonds. The van der Waals surface area contributed by atoms with E-state index in [-0.39, 0.29) is 23.9 Å². The van der Waals surface area contributed by atoms with Crippen molar-refractivity contribution in [2.45, 2.75) is 18.4 Å². The molecule has 1 aliphatic rings. The molecular weight excluding hydrogens is 400 g/mol. The van der Waals surface area contributed by atoms with Gasteiger partial charge in [0.1, 0.15) is 12.3 Å². The van der Waals surface area contributed by atoms with Crippen molar-refractivity contribution in [2.75, 3.05) is 17.5 Å². The van der Waals surface area contributed by atoms with Gasteiger partial charge < -0.3 is 10.1 Å². The van der Waals surface area contributed by atoms with Gasteiger partial charge in [0.25, 0.3) is 10.0 Å². The second-order valence-corrected chi connectivity index (χ2v) is 8.67. The minimum absolute atomic E-state index is 0.207. The molecule has 0 saturated carbocycles. The summed E-state index contributed by atoms with van der Waals surface area (Å²) in [4.78, 5) is 12.9. The molecule has 30 heavy (non-hydrogen) atoms. The second kappa shape index (κ2) is 8.20. The number of fused-ring (bicyclic) bond motifs is 3. The number of carbonyl (C=O) groups is 1. The molecule has 0 saturated heterocycles. The van der Waals surface area contributed by atoms with Crippen LogP contribution in [0.2, 0.25) is 0 Å². The van der Waals surface area contributed by atoms with Gasteiger partial charge in [0.05, 0.1) is 17.2 Å². The lowest BCUT2D eigenvalue weighted by molar-refractivity contribution is -0.119. The Morgan fingerprint density at radius 2 is 1.60 bits per heavy atom. The van der Waals surface area contributed by atoms with Crippen LogP contribution in [0, 0.1) is 0 Å². The van der Waals surface area contributed by atoms with Gasteiger partial charge in [-0.2, -0.15) is 0 Å². The molecule has 0 radical (unpaired) electrons. The Labute approximate surface area is 176 Å². The summed E-state index contributed by atoms with van der Waals surface area (Å²) in [6.45, 7) is 2.37. The van der Waals surface area contributed by atoms with Crippen LogP contribution in [-0.4, -0.2) is 27.5 Å². The number of rotatable bonds is 6. The molecule has 3 aromatic rings. The largest absolute Gasteiger partial charge is 0.494 e. The molecule has 0 unspecified atom stereocenters. The zero-order valence-electron chi connectivity index (χ0n) is 16.5. The molecule has 3 aromatic carbocycles. The highest BCUT2D eigenvalue weighted by atomic mass is 32.2. The first-order valence-corrected chi connectivity index (χ1v) is 11.1. The van der Waals surface area contributed by atoms with Crippen molar-refractivity contribution in [2.24, 2.45) is 0 Å². The van der Waals surface area contributed by atoms with Crippen molar-refractivity contribution < 1.29 is 17.9 Å². The number of nitrogens with one attached hydrogen (secondary N) is 1. The molecule has 1 aliphatic heterocycles. The first-order valence-electron chi connectivity index (χ1n) is 9.71. The number of nitrogens with zero attached hydrogens (tertiary/aromatic N) is 1. The van der Waals surface area contributed by atoms with Crippen LogP contribution in [-0.2, 0) is 21.4 Å². The molecule has 6 nitrogen and oxygen atoms in total. The van der Waals surface area contributed by atoms with E-state index in [1.165, 1.54) is 4.31 Å². The van der Waals surface area contributed by atoms with Crippen LogP contribution in [0.15, 0.2) is 77.7 Å². The van der Waals surface area contributed by atoms with Gasteiger partial charge in [0, 0.05) is 23.2 Å². The van der Waals surface area contributed by atoms with Gasteiger partial charge in [0.2, 0.25) is 5.91 Å². The fourth-order valence-corrected chi connectivity index (χ4v) is 5.23. The maximum atomic E-state index is 13.2. The summed E-state index contributed by atoms with van der Waals surface area (Å²) < 4.78 is 33.2. The predicted molar refractivity (Wildman–Crippen MR) is 116 cm³/mol. The number of para-hydroxylation sites is 2. The minimum Gasteiger partial charge on any atom is -0.494 e. The number of ether oxygens (including phenoxy) is 1. The number of anilines is 1. The number of amides is 1. The van der Waals surface area contributed by atoms with E-state index in [9.17, 15) is 13.2 Å². The Kier molecular flexibility index (Phi) is 5.46. The number of hydrogen-bond acceptors (Lipinski definition) is 4. The summed E-state index contributed by atoms with van der Waals surface area (Å²) >= 11 is 0. The van der Waals surface area contributed by atoms with E-state index in [4.69, 9.17) is 4.74 Å². The fourth-order valence-electron chi connectivity index (χ4n) is 3.58. The highest BCUT2D eigenvalue weighted by Gasteiger charge is 2.35. The van der Waals surface area contributed by atoms with Crippen LogP contribution < -0.4 is 14.4 Å². The second-order valence-electron chi connectivity index (χ2n) is 6.84. The monoisotopic (exact) mass is 422 g/mol. The van der Waals surface area contributed by atoms with E-state index in [0.717, 1.165) is 11.1 Å². The Hall–Kier alpha value is -3.32. The van der Waals surface area contributed by atoms with Crippen LogP contribution in [0.1, 0.15) is 12.5 Å². The topological polar surface area (TPSA) is 75.7 Å². The molecule has 0 aliphatic carbocycles. The molecule has 0 fully saturated rings. The van der Waals surface area contributed by atoms with E-state index in [0.29, 0.717) is 23.6 Å². The third-order valence-corrected chi connectivity index (χ3v) is 6.77. The average Bonchev–Trinajstić information content (AvgIpc) is 2.76. The first-order chi connectivity index (χ1) is 14.5. The molecule has 0 spiro atoms. The van der Waals surface area contributed by atoms with Gasteiger partial charge in [-0.3, -0.25) is 9.10 Å². The van der Waals surface area contributed by atoms with Gasteiger partial charge in [-0.25, -0.2) is 8.42 Å². The van der Waals surface area contributed by atoms with Crippen molar-refractivity contribution in [3.63, 3.8) is 0 Å². The molecule has 1 N–H and O–H groups in total. The van der Waals surface area contributed by atoms with E-state index in [1.54, 1.807) is 30.3 Å². The summed E-state index contributed by atoms with van der Waals surface area (Å²) in [6, 6.07) is 21.5. The van der Waals surface area contributed by atoms with Crippen LogP contribution in [0.3, 0.4) is 0 Å². The molecule has 7 heteroatoms. The summed E-state index contributed by atoms with van der Waals surface area (Å²) in [6.07, 6.45) is 0. The summed E-state index contributed by atoms with van der Waals surface area (Å²) in [5, 5.41) is 2.81. The summed E-state index contributed by atoms with van der Waals surface area (Å²) in [7, 11) is -3.84. The van der Waals surface area contributed by atoms with E-state index < -0.39 is 10.0 Å². The van der Waals surface area contributed by atoms with Crippen LogP contribution in [0.25, 0.3) is 11.1 Å². The Morgan fingerprint density at radius 3 is 2.40 bits per heavy atom. The average molecular weight is 423 g/mol. The quantitative estimate of drug-likeness (QED) is 0.659. The lowest BCUT2D eigenvalue weighted by atomic mass is 10.0. The van der Waals surface area contributed by atoms with Crippen LogP contribution >= 0.6 is 0 Å². The van der Waals surface area contributed by atoms with Crippen molar-refractivity contribution in [3.8, 4) is 16.9 Å². The first kappa shape index (κ1) is 20.0. The van der Waals surface area contributed by atoms with E-state index in [1.807, 2.05) is 49.4 Å². The molecule has 0 atom stereocenters. The normalized spacial score (nSPS) is 13.8. The molecule has 4 rings (SSSR count). The highest BCUT2D eigenvalue weighted by Crippen LogP contribution is 2.42. The third-order valence-electron chi connectivity index (χ3n) is 4.95. The molecule has 0 bridgehead atoms. The Balaban J connectivity index is 1.58. The number of sulfonamides is 1. The lowest BCUT2D eigenvalue weighted by Crippen LogP contribution is -2.42. The molecule has 154 valence electrons. The van der Waals surface area contributed by atoms with Crippen molar-refractivity contribution in [1.29, 1.82) is 0 Å². The van der Waals surface area contributed by atoms with E-state index >= 15 is 0 Å². The standard InChI is InChI=1S/C23H22N2O4S/c1-2-29-21-13-7-3-9-17(21)15-24-23(26)16-25-20-12-6-4-10-18(20)19-11-5-8-14-22(19)30(25,27)28/h3-14H,2,15-16H2,1H3,(H,24,26). The van der Waals surface area contributed by atoms with Crippen LogP contribution in [0.5, 0.6) is 5.75 Å². The number of carbonyl (C=O) groups excluding carboxylic acids is 1. The molecule has 1 heterocycles. The van der Waals surface area contributed by atoms with Gasteiger partial charge in [-0.15, -0.1) is 0 Å². The number of benzene rings is 3. The SMILES string of the molecule is CCOc1ccccc1CNC(=O)CN1c2ccccc2-c2ccccc2S1(=O)=O. The van der Waals surface area contributed by atoms with Gasteiger partial charge >= 0.3 is 0 Å². The number of hydrogen-bond donors (Lipinski definition) is 1. The predicted octanol–water partition coefficient (Wildman–Crippen LogP) is 3.58.